The van der Waals surface area contributed by atoms with E-state index in [9.17, 15) is 10.1 Å². The number of nitrogens with zero attached hydrogens (tertiary/aromatic N) is 4. The van der Waals surface area contributed by atoms with Crippen LogP contribution >= 0.6 is 11.6 Å². The Morgan fingerprint density at radius 2 is 2.14 bits per heavy atom. The lowest BCUT2D eigenvalue weighted by Crippen LogP contribution is -2.26. The third kappa shape index (κ3) is 3.81. The maximum Gasteiger partial charge on any atom is 0.332 e. The zero-order valence-corrected chi connectivity index (χ0v) is 13.3. The average Bonchev–Trinajstić information content (AvgIpc) is 2.63. The summed E-state index contributed by atoms with van der Waals surface area (Å²) in [6.45, 7) is 5.38. The molecule has 0 saturated carbocycles. The summed E-state index contributed by atoms with van der Waals surface area (Å²) < 4.78 is 0. The van der Waals surface area contributed by atoms with Gasteiger partial charge in [-0.15, -0.1) is 0 Å². The molecule has 2 heterocycles. The van der Waals surface area contributed by atoms with Crippen LogP contribution in [0.1, 0.15) is 44.7 Å². The summed E-state index contributed by atoms with van der Waals surface area (Å²) in [6, 6.07) is 0. The number of anilines is 1. The standard InChI is InChI=1S/C14H21ClN4O2/c1-3-5-11-6-4-8-18(9-7-11)13-12(19(20)21)10(2)16-14(15)17-13/h11H,3-9H2,1-2H3. The maximum absolute atomic E-state index is 11.3. The van der Waals surface area contributed by atoms with Crippen LogP contribution in [0, 0.1) is 23.0 Å². The summed E-state index contributed by atoms with van der Waals surface area (Å²) in [6.07, 6.45) is 5.66. The Kier molecular flexibility index (Phi) is 5.33. The van der Waals surface area contributed by atoms with Gasteiger partial charge in [0.1, 0.15) is 5.69 Å². The van der Waals surface area contributed by atoms with Gasteiger partial charge in [0.15, 0.2) is 0 Å². The summed E-state index contributed by atoms with van der Waals surface area (Å²) in [5.41, 5.74) is 0.303. The van der Waals surface area contributed by atoms with Gasteiger partial charge >= 0.3 is 5.69 Å². The summed E-state index contributed by atoms with van der Waals surface area (Å²) in [7, 11) is 0. The van der Waals surface area contributed by atoms with Crippen LogP contribution in [-0.2, 0) is 0 Å². The summed E-state index contributed by atoms with van der Waals surface area (Å²) in [5, 5.41) is 11.4. The monoisotopic (exact) mass is 312 g/mol. The molecule has 116 valence electrons. The Balaban J connectivity index is 2.27. The number of rotatable bonds is 4. The van der Waals surface area contributed by atoms with Crippen molar-refractivity contribution in [3.05, 3.63) is 21.1 Å². The highest BCUT2D eigenvalue weighted by Gasteiger charge is 2.27. The molecular weight excluding hydrogens is 292 g/mol. The van der Waals surface area contributed by atoms with Crippen molar-refractivity contribution in [3.63, 3.8) is 0 Å². The average molecular weight is 313 g/mol. The molecule has 1 fully saturated rings. The lowest BCUT2D eigenvalue weighted by atomic mass is 9.96. The van der Waals surface area contributed by atoms with Crippen molar-refractivity contribution >= 4 is 23.1 Å². The molecule has 6 nitrogen and oxygen atoms in total. The van der Waals surface area contributed by atoms with Crippen molar-refractivity contribution in [2.75, 3.05) is 18.0 Å². The highest BCUT2D eigenvalue weighted by Crippen LogP contribution is 2.32. The molecule has 7 heteroatoms. The number of aromatic nitrogens is 2. The maximum atomic E-state index is 11.3. The van der Waals surface area contributed by atoms with E-state index in [-0.39, 0.29) is 11.0 Å². The van der Waals surface area contributed by atoms with Crippen molar-refractivity contribution in [1.82, 2.24) is 9.97 Å². The second kappa shape index (κ2) is 7.02. The Labute approximate surface area is 129 Å². The largest absolute Gasteiger partial charge is 0.351 e. The van der Waals surface area contributed by atoms with Crippen LogP contribution in [0.25, 0.3) is 0 Å². The highest BCUT2D eigenvalue weighted by molar-refractivity contribution is 6.28. The topological polar surface area (TPSA) is 72.2 Å². The predicted octanol–water partition coefficient (Wildman–Crippen LogP) is 3.75. The zero-order chi connectivity index (χ0) is 15.4. The van der Waals surface area contributed by atoms with E-state index in [1.165, 1.54) is 19.3 Å². The van der Waals surface area contributed by atoms with Gasteiger partial charge in [0.05, 0.1) is 4.92 Å². The molecule has 1 aromatic rings. The number of hydrogen-bond donors (Lipinski definition) is 0. The van der Waals surface area contributed by atoms with Crippen molar-refractivity contribution in [2.45, 2.75) is 46.0 Å². The molecule has 21 heavy (non-hydrogen) atoms. The van der Waals surface area contributed by atoms with Gasteiger partial charge in [-0.25, -0.2) is 4.98 Å². The Morgan fingerprint density at radius 3 is 2.81 bits per heavy atom. The number of hydrogen-bond acceptors (Lipinski definition) is 5. The third-order valence-electron chi connectivity index (χ3n) is 4.04. The lowest BCUT2D eigenvalue weighted by molar-refractivity contribution is -0.385. The summed E-state index contributed by atoms with van der Waals surface area (Å²) >= 11 is 5.89. The van der Waals surface area contributed by atoms with Gasteiger partial charge in [-0.1, -0.05) is 19.8 Å². The lowest BCUT2D eigenvalue weighted by Gasteiger charge is -2.21. The smallest absolute Gasteiger partial charge is 0.332 e. The molecule has 0 aliphatic carbocycles. The molecule has 1 saturated heterocycles. The molecule has 0 N–H and O–H groups in total. The Hall–Kier alpha value is -1.43. The fourth-order valence-electron chi connectivity index (χ4n) is 3.03. The first-order chi connectivity index (χ1) is 10.0. The van der Waals surface area contributed by atoms with Crippen LogP contribution in [-0.4, -0.2) is 28.0 Å². The molecule has 1 aliphatic rings. The SMILES string of the molecule is CCCC1CCCN(c2nc(Cl)nc(C)c2[N+](=O)[O-])CC1. The molecule has 0 bridgehead atoms. The first-order valence-corrected chi connectivity index (χ1v) is 7.84. The molecule has 1 aliphatic heterocycles. The minimum atomic E-state index is -0.407. The fraction of sp³-hybridized carbons (Fsp3) is 0.714. The summed E-state index contributed by atoms with van der Waals surface area (Å²) in [4.78, 5) is 20.9. The second-order valence-electron chi connectivity index (χ2n) is 5.58. The fourth-order valence-corrected chi connectivity index (χ4v) is 3.23. The second-order valence-corrected chi connectivity index (χ2v) is 5.92. The number of aryl methyl sites for hydroxylation is 1. The van der Waals surface area contributed by atoms with Crippen molar-refractivity contribution in [2.24, 2.45) is 5.92 Å². The molecule has 0 radical (unpaired) electrons. The van der Waals surface area contributed by atoms with Crippen LogP contribution in [0.3, 0.4) is 0 Å². The van der Waals surface area contributed by atoms with Crippen LogP contribution < -0.4 is 4.90 Å². The van der Waals surface area contributed by atoms with E-state index in [1.54, 1.807) is 6.92 Å². The normalized spacial score (nSPS) is 19.4. The molecule has 2 rings (SSSR count). The predicted molar refractivity (Wildman–Crippen MR) is 82.9 cm³/mol. The minimum absolute atomic E-state index is 0.0201. The van der Waals surface area contributed by atoms with Gasteiger partial charge in [-0.05, 0) is 43.7 Å². The zero-order valence-electron chi connectivity index (χ0n) is 12.5. The van der Waals surface area contributed by atoms with Crippen molar-refractivity contribution in [1.29, 1.82) is 0 Å². The molecule has 1 atom stereocenters. The Bertz CT molecular complexity index is 524. The summed E-state index contributed by atoms with van der Waals surface area (Å²) in [5.74, 6) is 1.08. The van der Waals surface area contributed by atoms with Crippen LogP contribution in [0.2, 0.25) is 5.28 Å². The molecular formula is C14H21ClN4O2. The quantitative estimate of drug-likeness (QED) is 0.481. The van der Waals surface area contributed by atoms with Gasteiger partial charge in [0, 0.05) is 13.1 Å². The third-order valence-corrected chi connectivity index (χ3v) is 4.21. The van der Waals surface area contributed by atoms with Crippen molar-refractivity contribution < 1.29 is 4.92 Å². The first-order valence-electron chi connectivity index (χ1n) is 7.46. The number of nitro groups is 1. The van der Waals surface area contributed by atoms with Gasteiger partial charge in [0.25, 0.3) is 0 Å². The molecule has 0 aromatic carbocycles. The van der Waals surface area contributed by atoms with Gasteiger partial charge < -0.3 is 4.90 Å². The van der Waals surface area contributed by atoms with Gasteiger partial charge in [-0.3, -0.25) is 10.1 Å². The molecule has 0 spiro atoms. The van der Waals surface area contributed by atoms with E-state index in [4.69, 9.17) is 11.6 Å². The van der Waals surface area contributed by atoms with Crippen LogP contribution in [0.15, 0.2) is 0 Å². The molecule has 1 unspecified atom stereocenters. The molecule has 1 aromatic heterocycles. The van der Waals surface area contributed by atoms with Gasteiger partial charge in [0.2, 0.25) is 11.1 Å². The van der Waals surface area contributed by atoms with E-state index in [1.807, 2.05) is 4.90 Å². The van der Waals surface area contributed by atoms with E-state index >= 15 is 0 Å². The van der Waals surface area contributed by atoms with Crippen molar-refractivity contribution in [3.8, 4) is 0 Å². The molecule has 0 amide bonds. The van der Waals surface area contributed by atoms with E-state index in [0.717, 1.165) is 25.9 Å². The number of halogens is 1. The van der Waals surface area contributed by atoms with Crippen LogP contribution in [0.4, 0.5) is 11.5 Å². The van der Waals surface area contributed by atoms with E-state index in [2.05, 4.69) is 16.9 Å². The minimum Gasteiger partial charge on any atom is -0.351 e. The van der Waals surface area contributed by atoms with Gasteiger partial charge in [-0.2, -0.15) is 4.98 Å². The first kappa shape index (κ1) is 15.9. The van der Waals surface area contributed by atoms with Crippen LogP contribution in [0.5, 0.6) is 0 Å². The Morgan fingerprint density at radius 1 is 1.38 bits per heavy atom. The van der Waals surface area contributed by atoms with E-state index < -0.39 is 4.92 Å². The highest BCUT2D eigenvalue weighted by atomic mass is 35.5. The van der Waals surface area contributed by atoms with E-state index in [0.29, 0.717) is 17.4 Å².